The van der Waals surface area contributed by atoms with Gasteiger partial charge in [0.2, 0.25) is 5.76 Å². The lowest BCUT2D eigenvalue weighted by molar-refractivity contribution is -0.137. The van der Waals surface area contributed by atoms with E-state index in [0.29, 0.717) is 11.8 Å². The first kappa shape index (κ1) is 17.8. The topological polar surface area (TPSA) is 81.4 Å². The van der Waals surface area contributed by atoms with Crippen molar-refractivity contribution in [2.24, 2.45) is 0 Å². The molecular weight excluding hydrogens is 353 g/mol. The summed E-state index contributed by atoms with van der Waals surface area (Å²) in [4.78, 5) is 23.2. The van der Waals surface area contributed by atoms with E-state index in [1.54, 1.807) is 6.92 Å². The largest absolute Gasteiger partial charge is 0.450 e. The molecule has 0 fully saturated rings. The molecule has 0 radical (unpaired) electrons. The number of halogens is 4. The second-order valence-electron chi connectivity index (χ2n) is 4.65. The highest BCUT2D eigenvalue weighted by molar-refractivity contribution is 6.33. The fourth-order valence-corrected chi connectivity index (χ4v) is 1.81. The Morgan fingerprint density at radius 2 is 2.04 bits per heavy atom. The number of aryl methyl sites for hydroxylation is 1. The summed E-state index contributed by atoms with van der Waals surface area (Å²) in [7, 11) is 0. The van der Waals surface area contributed by atoms with Crippen molar-refractivity contribution in [3.63, 3.8) is 0 Å². The molecule has 0 aliphatic rings. The first-order valence-electron chi connectivity index (χ1n) is 6.44. The van der Waals surface area contributed by atoms with Gasteiger partial charge in [0.1, 0.15) is 0 Å². The minimum Gasteiger partial charge on any atom is -0.450 e. The molecule has 1 aromatic carbocycles. The highest BCUT2D eigenvalue weighted by atomic mass is 35.5. The van der Waals surface area contributed by atoms with E-state index in [9.17, 15) is 22.8 Å². The summed E-state index contributed by atoms with van der Waals surface area (Å²) in [6.45, 7) is 0.855. The van der Waals surface area contributed by atoms with Gasteiger partial charge in [-0.15, -0.1) is 0 Å². The third kappa shape index (κ3) is 4.48. The van der Waals surface area contributed by atoms with Crippen LogP contribution in [-0.4, -0.2) is 23.6 Å². The molecule has 0 unspecified atom stereocenters. The number of hydrogen-bond donors (Lipinski definition) is 1. The number of ether oxygens (including phenoxy) is 1. The lowest BCUT2D eigenvalue weighted by Crippen LogP contribution is -2.21. The quantitative estimate of drug-likeness (QED) is 0.842. The predicted octanol–water partition coefficient (Wildman–Crippen LogP) is 3.45. The Morgan fingerprint density at radius 1 is 1.33 bits per heavy atom. The Morgan fingerprint density at radius 3 is 2.62 bits per heavy atom. The van der Waals surface area contributed by atoms with Crippen molar-refractivity contribution in [1.29, 1.82) is 0 Å². The molecule has 0 bridgehead atoms. The zero-order valence-electron chi connectivity index (χ0n) is 12.1. The Hall–Kier alpha value is -2.55. The van der Waals surface area contributed by atoms with Gasteiger partial charge in [-0.2, -0.15) is 13.2 Å². The van der Waals surface area contributed by atoms with Crippen molar-refractivity contribution in [3.05, 3.63) is 46.3 Å². The number of benzene rings is 1. The van der Waals surface area contributed by atoms with Gasteiger partial charge in [0.25, 0.3) is 5.91 Å². The zero-order chi connectivity index (χ0) is 17.9. The monoisotopic (exact) mass is 362 g/mol. The maximum absolute atomic E-state index is 12.6. The number of aromatic nitrogens is 1. The third-order valence-corrected chi connectivity index (χ3v) is 3.06. The standard InChI is InChI=1S/C14H10ClF3N2O4/c1-7-4-11(24-20-7)13(22)23-6-12(21)19-10-5-8(14(16,17)18)2-3-9(10)15/h2-5H,6H2,1H3,(H,19,21). The lowest BCUT2D eigenvalue weighted by atomic mass is 10.2. The molecule has 10 heteroatoms. The van der Waals surface area contributed by atoms with Gasteiger partial charge < -0.3 is 14.6 Å². The zero-order valence-corrected chi connectivity index (χ0v) is 12.9. The second kappa shape index (κ2) is 6.91. The third-order valence-electron chi connectivity index (χ3n) is 2.73. The van der Waals surface area contributed by atoms with Gasteiger partial charge in [-0.1, -0.05) is 16.8 Å². The van der Waals surface area contributed by atoms with Crippen molar-refractivity contribution < 1.29 is 32.0 Å². The van der Waals surface area contributed by atoms with Gasteiger partial charge in [-0.05, 0) is 25.1 Å². The van der Waals surface area contributed by atoms with E-state index in [4.69, 9.17) is 11.6 Å². The molecule has 6 nitrogen and oxygen atoms in total. The molecule has 0 aliphatic carbocycles. The fraction of sp³-hybridized carbons (Fsp3) is 0.214. The van der Waals surface area contributed by atoms with E-state index in [1.807, 2.05) is 0 Å². The number of carbonyl (C=O) groups excluding carboxylic acids is 2. The van der Waals surface area contributed by atoms with Crippen LogP contribution in [0.1, 0.15) is 21.8 Å². The van der Waals surface area contributed by atoms with Gasteiger partial charge in [0, 0.05) is 6.07 Å². The van der Waals surface area contributed by atoms with E-state index in [0.717, 1.165) is 12.1 Å². The first-order chi connectivity index (χ1) is 11.2. The number of nitrogens with one attached hydrogen (secondary N) is 1. The summed E-state index contributed by atoms with van der Waals surface area (Å²) in [6, 6.07) is 3.78. The van der Waals surface area contributed by atoms with Crippen molar-refractivity contribution in [3.8, 4) is 0 Å². The van der Waals surface area contributed by atoms with Gasteiger partial charge >= 0.3 is 12.1 Å². The SMILES string of the molecule is Cc1cc(C(=O)OCC(=O)Nc2cc(C(F)(F)F)ccc2Cl)on1. The molecule has 2 rings (SSSR count). The minimum absolute atomic E-state index is 0.0893. The van der Waals surface area contributed by atoms with Crippen LogP contribution < -0.4 is 5.32 Å². The summed E-state index contributed by atoms with van der Waals surface area (Å²) in [5.74, 6) is -1.99. The van der Waals surface area contributed by atoms with Gasteiger partial charge in [-0.25, -0.2) is 4.79 Å². The average Bonchev–Trinajstić information content (AvgIpc) is 2.92. The van der Waals surface area contributed by atoms with E-state index < -0.39 is 30.2 Å². The van der Waals surface area contributed by atoms with Crippen LogP contribution >= 0.6 is 11.6 Å². The molecule has 0 saturated heterocycles. The Labute approximate surface area is 138 Å². The Balaban J connectivity index is 1.98. The number of alkyl halides is 3. The van der Waals surface area contributed by atoms with Crippen LogP contribution in [0.15, 0.2) is 28.8 Å². The van der Waals surface area contributed by atoms with Gasteiger partial charge in [0.15, 0.2) is 6.61 Å². The normalized spacial score (nSPS) is 11.2. The Bertz CT molecular complexity index is 774. The molecule has 0 spiro atoms. The summed E-state index contributed by atoms with van der Waals surface area (Å²) >= 11 is 5.74. The highest BCUT2D eigenvalue weighted by Gasteiger charge is 2.31. The van der Waals surface area contributed by atoms with E-state index >= 15 is 0 Å². The van der Waals surface area contributed by atoms with Crippen LogP contribution in [0, 0.1) is 6.92 Å². The van der Waals surface area contributed by atoms with Crippen LogP contribution in [0.25, 0.3) is 0 Å². The predicted molar refractivity (Wildman–Crippen MR) is 76.6 cm³/mol. The average molecular weight is 363 g/mol. The highest BCUT2D eigenvalue weighted by Crippen LogP contribution is 2.33. The fourth-order valence-electron chi connectivity index (χ4n) is 1.65. The second-order valence-corrected chi connectivity index (χ2v) is 5.06. The molecule has 24 heavy (non-hydrogen) atoms. The van der Waals surface area contributed by atoms with Crippen LogP contribution in [0.2, 0.25) is 5.02 Å². The van der Waals surface area contributed by atoms with Crippen LogP contribution in [0.3, 0.4) is 0 Å². The maximum atomic E-state index is 12.6. The van der Waals surface area contributed by atoms with Crippen LogP contribution in [0.5, 0.6) is 0 Å². The van der Waals surface area contributed by atoms with E-state index in [-0.39, 0.29) is 16.5 Å². The molecule has 1 amide bonds. The summed E-state index contributed by atoms with van der Waals surface area (Å²) in [6.07, 6.45) is -4.58. The molecule has 1 heterocycles. The first-order valence-corrected chi connectivity index (χ1v) is 6.81. The number of nitrogens with zero attached hydrogens (tertiary/aromatic N) is 1. The molecule has 0 aliphatic heterocycles. The molecule has 1 aromatic heterocycles. The van der Waals surface area contributed by atoms with Crippen molar-refractivity contribution in [2.75, 3.05) is 11.9 Å². The number of carbonyl (C=O) groups is 2. The summed E-state index contributed by atoms with van der Waals surface area (Å²) in [5.41, 5.74) is -0.776. The molecule has 0 saturated carbocycles. The number of anilines is 1. The summed E-state index contributed by atoms with van der Waals surface area (Å²) in [5, 5.41) is 5.53. The van der Waals surface area contributed by atoms with Gasteiger partial charge in [0.05, 0.1) is 22.0 Å². The van der Waals surface area contributed by atoms with Crippen molar-refractivity contribution >= 4 is 29.2 Å². The molecule has 2 aromatic rings. The molecular formula is C14H10ClF3N2O4. The van der Waals surface area contributed by atoms with Crippen LogP contribution in [0.4, 0.5) is 18.9 Å². The number of esters is 1. The lowest BCUT2D eigenvalue weighted by Gasteiger charge is -2.11. The van der Waals surface area contributed by atoms with E-state index in [2.05, 4.69) is 19.7 Å². The molecule has 0 atom stereocenters. The Kier molecular flexibility index (Phi) is 5.13. The number of hydrogen-bond acceptors (Lipinski definition) is 5. The minimum atomic E-state index is -4.58. The van der Waals surface area contributed by atoms with Crippen molar-refractivity contribution in [1.82, 2.24) is 5.16 Å². The number of rotatable bonds is 4. The van der Waals surface area contributed by atoms with E-state index in [1.165, 1.54) is 6.07 Å². The smallest absolute Gasteiger partial charge is 0.416 e. The van der Waals surface area contributed by atoms with Crippen LogP contribution in [-0.2, 0) is 15.7 Å². The van der Waals surface area contributed by atoms with Crippen molar-refractivity contribution in [2.45, 2.75) is 13.1 Å². The molecule has 1 N–H and O–H groups in total. The van der Waals surface area contributed by atoms with Gasteiger partial charge in [-0.3, -0.25) is 4.79 Å². The summed E-state index contributed by atoms with van der Waals surface area (Å²) < 4.78 is 47.2. The number of amides is 1. The maximum Gasteiger partial charge on any atom is 0.416 e. The molecule has 128 valence electrons.